The molecule has 0 aliphatic rings. The molecule has 0 aliphatic heterocycles. The Bertz CT molecular complexity index is 908. The Balaban J connectivity index is 1.84. The van der Waals surface area contributed by atoms with Gasteiger partial charge in [0.25, 0.3) is 0 Å². The predicted octanol–water partition coefficient (Wildman–Crippen LogP) is 6.85. The third-order valence-corrected chi connectivity index (χ3v) is 4.25. The zero-order valence-electron chi connectivity index (χ0n) is 14.0. The number of nitrogens with zero attached hydrogens (tertiary/aromatic N) is 1. The Morgan fingerprint density at radius 3 is 1.88 bits per heavy atom. The minimum Gasteiger partial charge on any atom is -0.205 e. The van der Waals surface area contributed by atoms with Gasteiger partial charge in [-0.15, -0.1) is 0 Å². The van der Waals surface area contributed by atoms with Crippen molar-refractivity contribution in [2.24, 2.45) is 4.99 Å². The van der Waals surface area contributed by atoms with Crippen LogP contribution in [0.1, 0.15) is 18.9 Å². The highest BCUT2D eigenvalue weighted by atomic mass is 32.1. The second-order valence-electron chi connectivity index (χ2n) is 5.89. The molecule has 1 nitrogen and oxygen atoms in total. The molecule has 3 heteroatoms. The summed E-state index contributed by atoms with van der Waals surface area (Å²) >= 11 is 4.52. The lowest BCUT2D eigenvalue weighted by molar-refractivity contribution is 0.630. The summed E-state index contributed by atoms with van der Waals surface area (Å²) in [5.74, 6) is -0.398. The van der Waals surface area contributed by atoms with E-state index in [1.807, 2.05) is 18.2 Å². The van der Waals surface area contributed by atoms with Gasteiger partial charge in [-0.2, -0.15) is 4.99 Å². The fourth-order valence-electron chi connectivity index (χ4n) is 2.83. The Hall–Kier alpha value is -2.61. The van der Waals surface area contributed by atoms with Crippen LogP contribution < -0.4 is 0 Å². The molecule has 0 atom stereocenters. The molecule has 0 spiro atoms. The fourth-order valence-corrected chi connectivity index (χ4v) is 2.93. The van der Waals surface area contributed by atoms with E-state index >= 15 is 0 Å². The lowest BCUT2D eigenvalue weighted by Crippen LogP contribution is -1.85. The zero-order valence-corrected chi connectivity index (χ0v) is 14.8. The van der Waals surface area contributed by atoms with E-state index in [4.69, 9.17) is 0 Å². The number of isothiocyanates is 1. The predicted molar refractivity (Wildman–Crippen MR) is 106 cm³/mol. The minimum atomic E-state index is -0.398. The van der Waals surface area contributed by atoms with Gasteiger partial charge in [-0.3, -0.25) is 0 Å². The van der Waals surface area contributed by atoms with Crippen molar-refractivity contribution in [1.29, 1.82) is 0 Å². The molecule has 3 aromatic rings. The number of hydrogen-bond donors (Lipinski definition) is 0. The summed E-state index contributed by atoms with van der Waals surface area (Å²) in [6.45, 7) is 2.18. The van der Waals surface area contributed by atoms with E-state index in [0.29, 0.717) is 0 Å². The number of aryl methyl sites for hydroxylation is 1. The third-order valence-electron chi connectivity index (χ3n) is 4.16. The first-order chi connectivity index (χ1) is 12.2. The Labute approximate surface area is 152 Å². The SMILES string of the molecule is CCCc1ccc(-c2ccc(-c3ccc(N=C=S)c(F)c3)cc2)cc1. The molecule has 0 unspecified atom stereocenters. The Kier molecular flexibility index (Phi) is 5.49. The molecule has 0 amide bonds. The van der Waals surface area contributed by atoms with Crippen molar-refractivity contribution < 1.29 is 4.39 Å². The topological polar surface area (TPSA) is 12.4 Å². The number of halogens is 1. The average molecular weight is 347 g/mol. The van der Waals surface area contributed by atoms with Crippen molar-refractivity contribution in [3.63, 3.8) is 0 Å². The van der Waals surface area contributed by atoms with Crippen LogP contribution in [-0.2, 0) is 6.42 Å². The van der Waals surface area contributed by atoms with Crippen molar-refractivity contribution in [3.05, 3.63) is 78.1 Å². The van der Waals surface area contributed by atoms with Gasteiger partial charge >= 0.3 is 0 Å². The molecular formula is C22H18FNS. The standard InChI is InChI=1S/C22H18FNS/c1-2-3-16-4-6-17(7-5-16)18-8-10-19(11-9-18)20-12-13-22(24-15-25)21(23)14-20/h4-14H,2-3H2,1H3. The van der Waals surface area contributed by atoms with Crippen LogP contribution in [0.25, 0.3) is 22.3 Å². The first-order valence-corrected chi connectivity index (χ1v) is 8.69. The van der Waals surface area contributed by atoms with E-state index in [1.54, 1.807) is 6.07 Å². The largest absolute Gasteiger partial charge is 0.205 e. The number of thiocarbonyl (C=S) groups is 1. The summed E-state index contributed by atoms with van der Waals surface area (Å²) in [6.07, 6.45) is 2.26. The van der Waals surface area contributed by atoms with E-state index in [0.717, 1.165) is 29.5 Å². The summed E-state index contributed by atoms with van der Waals surface area (Å²) < 4.78 is 14.0. The van der Waals surface area contributed by atoms with E-state index in [9.17, 15) is 4.39 Å². The van der Waals surface area contributed by atoms with Gasteiger partial charge in [0.1, 0.15) is 11.5 Å². The minimum absolute atomic E-state index is 0.211. The molecule has 0 heterocycles. The molecular weight excluding hydrogens is 329 g/mol. The first kappa shape index (κ1) is 17.2. The molecule has 3 aromatic carbocycles. The Morgan fingerprint density at radius 1 is 0.840 bits per heavy atom. The van der Waals surface area contributed by atoms with Crippen molar-refractivity contribution in [2.75, 3.05) is 0 Å². The molecule has 3 rings (SSSR count). The summed E-state index contributed by atoms with van der Waals surface area (Å²) in [5, 5.41) is 2.19. The number of benzene rings is 3. The van der Waals surface area contributed by atoms with Crippen molar-refractivity contribution in [1.82, 2.24) is 0 Å². The average Bonchev–Trinajstić information content (AvgIpc) is 2.65. The second-order valence-corrected chi connectivity index (χ2v) is 6.08. The first-order valence-electron chi connectivity index (χ1n) is 8.28. The summed E-state index contributed by atoms with van der Waals surface area (Å²) in [6, 6.07) is 21.7. The van der Waals surface area contributed by atoms with Crippen LogP contribution in [0.3, 0.4) is 0 Å². The summed E-state index contributed by atoms with van der Waals surface area (Å²) in [4.78, 5) is 3.70. The van der Waals surface area contributed by atoms with Crippen molar-refractivity contribution in [2.45, 2.75) is 19.8 Å². The van der Waals surface area contributed by atoms with Crippen LogP contribution in [0.15, 0.2) is 71.7 Å². The monoisotopic (exact) mass is 347 g/mol. The molecule has 124 valence electrons. The van der Waals surface area contributed by atoms with Gasteiger partial charge in [-0.25, -0.2) is 4.39 Å². The van der Waals surface area contributed by atoms with Crippen molar-refractivity contribution >= 4 is 23.1 Å². The maximum Gasteiger partial charge on any atom is 0.150 e. The molecule has 0 aromatic heterocycles. The molecule has 0 fully saturated rings. The smallest absolute Gasteiger partial charge is 0.150 e. The maximum atomic E-state index is 14.0. The van der Waals surface area contributed by atoms with Crippen LogP contribution in [0.4, 0.5) is 10.1 Å². The fraction of sp³-hybridized carbons (Fsp3) is 0.136. The maximum absolute atomic E-state index is 14.0. The van der Waals surface area contributed by atoms with Gasteiger partial charge in [0, 0.05) is 0 Å². The molecule has 0 radical (unpaired) electrons. The number of rotatable bonds is 5. The van der Waals surface area contributed by atoms with Crippen molar-refractivity contribution in [3.8, 4) is 22.3 Å². The molecule has 0 N–H and O–H groups in total. The van der Waals surface area contributed by atoms with E-state index in [-0.39, 0.29) is 5.69 Å². The quantitative estimate of drug-likeness (QED) is 0.363. The molecule has 0 aliphatic carbocycles. The van der Waals surface area contributed by atoms with Crippen LogP contribution in [-0.4, -0.2) is 5.16 Å². The van der Waals surface area contributed by atoms with Gasteiger partial charge in [0.05, 0.1) is 5.16 Å². The molecule has 25 heavy (non-hydrogen) atoms. The van der Waals surface area contributed by atoms with E-state index < -0.39 is 5.82 Å². The highest BCUT2D eigenvalue weighted by Gasteiger charge is 2.05. The van der Waals surface area contributed by atoms with Gasteiger partial charge < -0.3 is 0 Å². The van der Waals surface area contributed by atoms with Crippen LogP contribution in [0.2, 0.25) is 0 Å². The summed E-state index contributed by atoms with van der Waals surface area (Å²) in [5.41, 5.74) is 5.67. The number of hydrogen-bond acceptors (Lipinski definition) is 2. The highest BCUT2D eigenvalue weighted by molar-refractivity contribution is 7.78. The zero-order chi connectivity index (χ0) is 17.6. The van der Waals surface area contributed by atoms with Gasteiger partial charge in [-0.1, -0.05) is 67.9 Å². The summed E-state index contributed by atoms with van der Waals surface area (Å²) in [7, 11) is 0. The van der Waals surface area contributed by atoms with E-state index in [1.165, 1.54) is 17.2 Å². The van der Waals surface area contributed by atoms with Crippen LogP contribution >= 0.6 is 12.2 Å². The Morgan fingerprint density at radius 2 is 1.36 bits per heavy atom. The van der Waals surface area contributed by atoms with Gasteiger partial charge in [-0.05, 0) is 58.6 Å². The lowest BCUT2D eigenvalue weighted by atomic mass is 9.99. The van der Waals surface area contributed by atoms with Crippen LogP contribution in [0.5, 0.6) is 0 Å². The van der Waals surface area contributed by atoms with Gasteiger partial charge in [0.15, 0.2) is 0 Å². The second kappa shape index (κ2) is 7.98. The van der Waals surface area contributed by atoms with Crippen LogP contribution in [0, 0.1) is 5.82 Å². The number of aliphatic imine (C=N–C) groups is 1. The molecule has 0 bridgehead atoms. The molecule has 0 saturated carbocycles. The van der Waals surface area contributed by atoms with E-state index in [2.05, 4.69) is 65.7 Å². The molecule has 0 saturated heterocycles. The normalized spacial score (nSPS) is 10.3. The van der Waals surface area contributed by atoms with Gasteiger partial charge in [0.2, 0.25) is 0 Å². The third kappa shape index (κ3) is 4.08. The lowest BCUT2D eigenvalue weighted by Gasteiger charge is -2.07. The highest BCUT2D eigenvalue weighted by Crippen LogP contribution is 2.28.